The highest BCUT2D eigenvalue weighted by Crippen LogP contribution is 2.21. The summed E-state index contributed by atoms with van der Waals surface area (Å²) in [6.45, 7) is 7.79. The Bertz CT molecular complexity index is 325. The minimum Gasteiger partial charge on any atom is -0.379 e. The van der Waals surface area contributed by atoms with Crippen LogP contribution in [0.25, 0.3) is 0 Å². The quantitative estimate of drug-likeness (QED) is 0.809. The van der Waals surface area contributed by atoms with Gasteiger partial charge in [-0.2, -0.15) is 0 Å². The molecule has 20 heavy (non-hydrogen) atoms. The fraction of sp³-hybridized carbons (Fsp3) is 0.933. The standard InChI is InChI=1S/C15H27N3O2/c19-15(11-13-1-4-16-5-2-13)18-6-3-14(12-18)17-7-9-20-10-8-17/h13-14,16H,1-12H2. The number of carbonyl (C=O) groups is 1. The van der Waals surface area contributed by atoms with Gasteiger partial charge in [0.25, 0.3) is 0 Å². The largest absolute Gasteiger partial charge is 0.379 e. The summed E-state index contributed by atoms with van der Waals surface area (Å²) in [4.78, 5) is 17.0. The van der Waals surface area contributed by atoms with Gasteiger partial charge in [-0.1, -0.05) is 0 Å². The normalized spacial score (nSPS) is 29.8. The number of hydrogen-bond donors (Lipinski definition) is 1. The predicted octanol–water partition coefficient (Wildman–Crippen LogP) is 0.309. The lowest BCUT2D eigenvalue weighted by atomic mass is 9.94. The van der Waals surface area contributed by atoms with Gasteiger partial charge in [0, 0.05) is 38.6 Å². The minimum atomic E-state index is 0.382. The monoisotopic (exact) mass is 281 g/mol. The number of nitrogens with zero attached hydrogens (tertiary/aromatic N) is 2. The zero-order chi connectivity index (χ0) is 13.8. The molecule has 3 fully saturated rings. The van der Waals surface area contributed by atoms with E-state index in [0.717, 1.165) is 78.2 Å². The second-order valence-corrected chi connectivity index (χ2v) is 6.33. The molecule has 1 N–H and O–H groups in total. The number of ether oxygens (including phenoxy) is 1. The Balaban J connectivity index is 1.45. The zero-order valence-corrected chi connectivity index (χ0v) is 12.4. The van der Waals surface area contributed by atoms with E-state index in [1.165, 1.54) is 0 Å². The smallest absolute Gasteiger partial charge is 0.222 e. The molecular weight excluding hydrogens is 254 g/mol. The van der Waals surface area contributed by atoms with Crippen LogP contribution in [-0.4, -0.2) is 74.2 Å². The molecule has 0 radical (unpaired) electrons. The van der Waals surface area contributed by atoms with Crippen LogP contribution < -0.4 is 5.32 Å². The first-order chi connectivity index (χ1) is 9.83. The van der Waals surface area contributed by atoms with Crippen molar-refractivity contribution in [3.8, 4) is 0 Å². The third-order valence-electron chi connectivity index (χ3n) is 5.00. The molecule has 0 spiro atoms. The Morgan fingerprint density at radius 1 is 1.10 bits per heavy atom. The van der Waals surface area contributed by atoms with Gasteiger partial charge in [0.15, 0.2) is 0 Å². The molecule has 0 aromatic carbocycles. The summed E-state index contributed by atoms with van der Waals surface area (Å²) in [6, 6.07) is 0.566. The third kappa shape index (κ3) is 3.51. The molecule has 0 aromatic rings. The maximum absolute atomic E-state index is 12.4. The van der Waals surface area contributed by atoms with Gasteiger partial charge >= 0.3 is 0 Å². The van der Waals surface area contributed by atoms with Gasteiger partial charge in [-0.15, -0.1) is 0 Å². The second-order valence-electron chi connectivity index (χ2n) is 6.33. The van der Waals surface area contributed by atoms with E-state index in [0.29, 0.717) is 17.9 Å². The Morgan fingerprint density at radius 3 is 2.60 bits per heavy atom. The van der Waals surface area contributed by atoms with Gasteiger partial charge in [0.1, 0.15) is 0 Å². The number of likely N-dealkylation sites (tertiary alicyclic amines) is 1. The first-order valence-electron chi connectivity index (χ1n) is 8.13. The van der Waals surface area contributed by atoms with Gasteiger partial charge in [-0.05, 0) is 38.3 Å². The maximum Gasteiger partial charge on any atom is 0.222 e. The van der Waals surface area contributed by atoms with Gasteiger partial charge in [-0.25, -0.2) is 0 Å². The molecule has 3 aliphatic rings. The summed E-state index contributed by atoms with van der Waals surface area (Å²) in [6.07, 6.45) is 4.22. The SMILES string of the molecule is O=C(CC1CCNCC1)N1CCC(N2CCOCC2)C1. The van der Waals surface area contributed by atoms with Crippen molar-refractivity contribution in [3.63, 3.8) is 0 Å². The number of amides is 1. The number of nitrogens with one attached hydrogen (secondary N) is 1. The zero-order valence-electron chi connectivity index (χ0n) is 12.4. The molecule has 1 atom stereocenters. The number of piperidine rings is 1. The molecule has 0 aliphatic carbocycles. The molecule has 0 aromatic heterocycles. The summed E-state index contributed by atoms with van der Waals surface area (Å²) >= 11 is 0. The fourth-order valence-corrected chi connectivity index (χ4v) is 3.67. The second kappa shape index (κ2) is 6.87. The first-order valence-corrected chi connectivity index (χ1v) is 8.13. The molecule has 0 bridgehead atoms. The highest BCUT2D eigenvalue weighted by atomic mass is 16.5. The third-order valence-corrected chi connectivity index (χ3v) is 5.00. The van der Waals surface area contributed by atoms with E-state index in [2.05, 4.69) is 15.1 Å². The van der Waals surface area contributed by atoms with E-state index in [1.54, 1.807) is 0 Å². The number of rotatable bonds is 3. The Labute approximate surface area is 121 Å². The van der Waals surface area contributed by atoms with Crippen LogP contribution in [0.4, 0.5) is 0 Å². The van der Waals surface area contributed by atoms with E-state index in [1.807, 2.05) is 0 Å². The molecule has 5 nitrogen and oxygen atoms in total. The topological polar surface area (TPSA) is 44.8 Å². The van der Waals surface area contributed by atoms with Crippen LogP contribution in [0, 0.1) is 5.92 Å². The highest BCUT2D eigenvalue weighted by molar-refractivity contribution is 5.76. The summed E-state index contributed by atoms with van der Waals surface area (Å²) in [7, 11) is 0. The van der Waals surface area contributed by atoms with Crippen LogP contribution in [0.3, 0.4) is 0 Å². The van der Waals surface area contributed by atoms with Crippen molar-refractivity contribution in [2.75, 3.05) is 52.5 Å². The molecule has 0 saturated carbocycles. The summed E-state index contributed by atoms with van der Waals surface area (Å²) in [5.41, 5.74) is 0. The Morgan fingerprint density at radius 2 is 1.85 bits per heavy atom. The lowest BCUT2D eigenvalue weighted by molar-refractivity contribution is -0.131. The minimum absolute atomic E-state index is 0.382. The predicted molar refractivity (Wildman–Crippen MR) is 77.6 cm³/mol. The molecule has 114 valence electrons. The summed E-state index contributed by atoms with van der Waals surface area (Å²) in [5.74, 6) is 0.985. The lowest BCUT2D eigenvalue weighted by Crippen LogP contribution is -2.45. The Kier molecular flexibility index (Phi) is 4.91. The van der Waals surface area contributed by atoms with Crippen LogP contribution in [0.2, 0.25) is 0 Å². The average Bonchev–Trinajstić information content (AvgIpc) is 2.99. The van der Waals surface area contributed by atoms with Crippen LogP contribution in [0.15, 0.2) is 0 Å². The average molecular weight is 281 g/mol. The summed E-state index contributed by atoms with van der Waals surface area (Å²) < 4.78 is 5.41. The molecular formula is C15H27N3O2. The van der Waals surface area contributed by atoms with Crippen molar-refractivity contribution < 1.29 is 9.53 Å². The molecule has 5 heteroatoms. The van der Waals surface area contributed by atoms with E-state index >= 15 is 0 Å². The van der Waals surface area contributed by atoms with E-state index in [-0.39, 0.29) is 0 Å². The van der Waals surface area contributed by atoms with Gasteiger partial charge in [-0.3, -0.25) is 9.69 Å². The molecule has 1 amide bonds. The highest BCUT2D eigenvalue weighted by Gasteiger charge is 2.31. The maximum atomic E-state index is 12.4. The van der Waals surface area contributed by atoms with Crippen molar-refractivity contribution in [2.24, 2.45) is 5.92 Å². The Hall–Kier alpha value is -0.650. The lowest BCUT2D eigenvalue weighted by Gasteiger charge is -2.32. The molecule has 3 rings (SSSR count). The van der Waals surface area contributed by atoms with Crippen molar-refractivity contribution in [1.82, 2.24) is 15.1 Å². The first kappa shape index (κ1) is 14.3. The van der Waals surface area contributed by atoms with Gasteiger partial charge in [0.2, 0.25) is 5.91 Å². The van der Waals surface area contributed by atoms with Crippen LogP contribution in [0.1, 0.15) is 25.7 Å². The van der Waals surface area contributed by atoms with Crippen LogP contribution in [-0.2, 0) is 9.53 Å². The van der Waals surface area contributed by atoms with Crippen molar-refractivity contribution in [3.05, 3.63) is 0 Å². The van der Waals surface area contributed by atoms with Gasteiger partial charge < -0.3 is 15.0 Å². The molecule has 3 saturated heterocycles. The van der Waals surface area contributed by atoms with E-state index in [4.69, 9.17) is 4.74 Å². The van der Waals surface area contributed by atoms with E-state index in [9.17, 15) is 4.79 Å². The number of hydrogen-bond acceptors (Lipinski definition) is 4. The number of morpholine rings is 1. The molecule has 3 heterocycles. The van der Waals surface area contributed by atoms with Crippen LogP contribution in [0.5, 0.6) is 0 Å². The van der Waals surface area contributed by atoms with Crippen molar-refractivity contribution in [1.29, 1.82) is 0 Å². The van der Waals surface area contributed by atoms with Crippen molar-refractivity contribution >= 4 is 5.91 Å². The van der Waals surface area contributed by atoms with Crippen molar-refractivity contribution in [2.45, 2.75) is 31.7 Å². The molecule has 3 aliphatic heterocycles. The summed E-state index contributed by atoms with van der Waals surface area (Å²) in [5, 5.41) is 3.36. The molecule has 1 unspecified atom stereocenters. The van der Waals surface area contributed by atoms with Crippen LogP contribution >= 0.6 is 0 Å². The number of carbonyl (C=O) groups excluding carboxylic acids is 1. The fourth-order valence-electron chi connectivity index (χ4n) is 3.67. The van der Waals surface area contributed by atoms with Gasteiger partial charge in [0.05, 0.1) is 13.2 Å². The van der Waals surface area contributed by atoms with E-state index < -0.39 is 0 Å².